The molecule has 1 atom stereocenters. The molecule has 162 valence electrons. The van der Waals surface area contributed by atoms with Gasteiger partial charge in [0.2, 0.25) is 11.8 Å². The lowest BCUT2D eigenvalue weighted by atomic mass is 10.1. The topological polar surface area (TPSA) is 49.4 Å². The summed E-state index contributed by atoms with van der Waals surface area (Å²) in [5, 5.41) is 2.96. The molecule has 0 saturated carbocycles. The van der Waals surface area contributed by atoms with Crippen LogP contribution in [0.25, 0.3) is 0 Å². The lowest BCUT2D eigenvalue weighted by molar-refractivity contribution is -0.140. The third kappa shape index (κ3) is 8.52. The monoisotopic (exact) mass is 490 g/mol. The fourth-order valence-corrected chi connectivity index (χ4v) is 4.27. The predicted molar refractivity (Wildman–Crippen MR) is 129 cm³/mol. The minimum Gasteiger partial charge on any atom is -0.354 e. The number of hydrogen-bond donors (Lipinski definition) is 1. The van der Waals surface area contributed by atoms with E-state index in [1.807, 2.05) is 49.4 Å². The number of halogens is 1. The molecule has 0 fully saturated rings. The molecule has 0 radical (unpaired) electrons. The Morgan fingerprint density at radius 2 is 1.73 bits per heavy atom. The Balaban J connectivity index is 1.99. The maximum atomic E-state index is 13.0. The molecule has 0 spiro atoms. The number of nitrogens with zero attached hydrogens (tertiary/aromatic N) is 1. The Labute approximate surface area is 192 Å². The van der Waals surface area contributed by atoms with E-state index >= 15 is 0 Å². The van der Waals surface area contributed by atoms with Crippen LogP contribution in [0.1, 0.15) is 38.3 Å². The van der Waals surface area contributed by atoms with Crippen molar-refractivity contribution in [1.82, 2.24) is 10.2 Å². The summed E-state index contributed by atoms with van der Waals surface area (Å²) in [4.78, 5) is 27.4. The van der Waals surface area contributed by atoms with Crippen LogP contribution in [0.5, 0.6) is 0 Å². The van der Waals surface area contributed by atoms with E-state index in [9.17, 15) is 9.59 Å². The first kappa shape index (κ1) is 24.5. The summed E-state index contributed by atoms with van der Waals surface area (Å²) in [6.45, 7) is 6.94. The highest BCUT2D eigenvalue weighted by atomic mass is 79.9. The molecule has 1 N–H and O–H groups in total. The molecule has 0 unspecified atom stereocenters. The molecule has 2 amide bonds. The predicted octanol–water partition coefficient (Wildman–Crippen LogP) is 5.26. The van der Waals surface area contributed by atoms with Crippen molar-refractivity contribution in [3.05, 3.63) is 70.2 Å². The Morgan fingerprint density at radius 3 is 2.40 bits per heavy atom. The van der Waals surface area contributed by atoms with Gasteiger partial charge in [0.15, 0.2) is 0 Å². The first-order chi connectivity index (χ1) is 14.4. The van der Waals surface area contributed by atoms with Gasteiger partial charge in [0, 0.05) is 35.5 Å². The fourth-order valence-electron chi connectivity index (χ4n) is 2.93. The number of carbonyl (C=O) groups is 2. The van der Waals surface area contributed by atoms with Crippen LogP contribution in [0.2, 0.25) is 0 Å². The lowest BCUT2D eigenvalue weighted by Crippen LogP contribution is -2.48. The molecule has 0 heterocycles. The van der Waals surface area contributed by atoms with Gasteiger partial charge < -0.3 is 10.2 Å². The van der Waals surface area contributed by atoms with Gasteiger partial charge in [-0.1, -0.05) is 72.2 Å². The maximum Gasteiger partial charge on any atom is 0.242 e. The second-order valence-electron chi connectivity index (χ2n) is 7.75. The number of rotatable bonds is 11. The summed E-state index contributed by atoms with van der Waals surface area (Å²) in [6, 6.07) is 17.6. The van der Waals surface area contributed by atoms with Gasteiger partial charge in [-0.25, -0.2) is 0 Å². The van der Waals surface area contributed by atoms with E-state index in [1.54, 1.807) is 16.7 Å². The normalized spacial score (nSPS) is 11.9. The van der Waals surface area contributed by atoms with Crippen LogP contribution in [0.4, 0.5) is 0 Å². The Bertz CT molecular complexity index is 814. The number of thioether (sulfide) groups is 1. The molecular formula is C24H31BrN2O2S. The van der Waals surface area contributed by atoms with Gasteiger partial charge in [-0.05, 0) is 36.1 Å². The van der Waals surface area contributed by atoms with Gasteiger partial charge in [0.1, 0.15) is 6.04 Å². The minimum absolute atomic E-state index is 0.00253. The second-order valence-corrected chi connectivity index (χ2v) is 9.78. The van der Waals surface area contributed by atoms with E-state index in [4.69, 9.17) is 0 Å². The third-order valence-corrected chi connectivity index (χ3v) is 6.19. The molecule has 4 nitrogen and oxygen atoms in total. The van der Waals surface area contributed by atoms with Crippen molar-refractivity contribution in [2.24, 2.45) is 5.92 Å². The molecule has 2 aromatic carbocycles. The number of amides is 2. The van der Waals surface area contributed by atoms with E-state index in [0.29, 0.717) is 25.4 Å². The average molecular weight is 491 g/mol. The van der Waals surface area contributed by atoms with E-state index in [1.165, 1.54) is 5.56 Å². The molecule has 30 heavy (non-hydrogen) atoms. The van der Waals surface area contributed by atoms with Crippen LogP contribution >= 0.6 is 27.7 Å². The zero-order valence-electron chi connectivity index (χ0n) is 17.9. The van der Waals surface area contributed by atoms with Gasteiger partial charge in [-0.2, -0.15) is 11.8 Å². The van der Waals surface area contributed by atoms with Crippen LogP contribution in [-0.4, -0.2) is 35.1 Å². The Hall–Kier alpha value is -1.79. The maximum absolute atomic E-state index is 13.0. The summed E-state index contributed by atoms with van der Waals surface area (Å²) < 4.78 is 0.961. The molecule has 0 aliphatic heterocycles. The van der Waals surface area contributed by atoms with Crippen molar-refractivity contribution >= 4 is 39.5 Å². The summed E-state index contributed by atoms with van der Waals surface area (Å²) in [5.74, 6) is 1.87. The zero-order valence-corrected chi connectivity index (χ0v) is 20.3. The van der Waals surface area contributed by atoms with E-state index in [2.05, 4.69) is 47.2 Å². The molecular weight excluding hydrogens is 460 g/mol. The standard InChI is InChI=1S/C24H31BrN2O2S/c1-18(2)15-26-24(29)19(3)27(16-21-10-7-11-22(25)14-21)23(28)12-13-30-17-20-8-5-4-6-9-20/h4-11,14,18-19H,12-13,15-17H2,1-3H3,(H,26,29)/t19-/m1/s1. The SMILES string of the molecule is CC(C)CNC(=O)[C@@H](C)N(Cc1cccc(Br)c1)C(=O)CCSCc1ccccc1. The molecule has 0 aliphatic carbocycles. The van der Waals surface area contributed by atoms with E-state index in [-0.39, 0.29) is 11.8 Å². The minimum atomic E-state index is -0.519. The summed E-state index contributed by atoms with van der Waals surface area (Å²) >= 11 is 5.22. The summed E-state index contributed by atoms with van der Waals surface area (Å²) in [7, 11) is 0. The molecule has 0 aromatic heterocycles. The fraction of sp³-hybridized carbons (Fsp3) is 0.417. The van der Waals surface area contributed by atoms with Crippen molar-refractivity contribution < 1.29 is 9.59 Å². The smallest absolute Gasteiger partial charge is 0.242 e. The number of nitrogens with one attached hydrogen (secondary N) is 1. The van der Waals surface area contributed by atoms with Gasteiger partial charge in [0.05, 0.1) is 0 Å². The van der Waals surface area contributed by atoms with Crippen molar-refractivity contribution in [1.29, 1.82) is 0 Å². The quantitative estimate of drug-likeness (QED) is 0.436. The lowest BCUT2D eigenvalue weighted by Gasteiger charge is -2.29. The third-order valence-electron chi connectivity index (χ3n) is 4.67. The number of benzene rings is 2. The average Bonchev–Trinajstić information content (AvgIpc) is 2.73. The summed E-state index contributed by atoms with van der Waals surface area (Å²) in [6.07, 6.45) is 0.410. The van der Waals surface area contributed by atoms with Crippen LogP contribution in [0.3, 0.4) is 0 Å². The number of hydrogen-bond acceptors (Lipinski definition) is 3. The Kier molecular flexibility index (Phi) is 10.4. The van der Waals surface area contributed by atoms with Gasteiger partial charge in [-0.15, -0.1) is 0 Å². The molecule has 0 saturated heterocycles. The van der Waals surface area contributed by atoms with Gasteiger partial charge >= 0.3 is 0 Å². The molecule has 0 bridgehead atoms. The van der Waals surface area contributed by atoms with Crippen molar-refractivity contribution in [2.75, 3.05) is 12.3 Å². The van der Waals surface area contributed by atoms with E-state index < -0.39 is 6.04 Å². The van der Waals surface area contributed by atoms with Crippen molar-refractivity contribution in [2.45, 2.75) is 45.5 Å². The second kappa shape index (κ2) is 12.8. The van der Waals surface area contributed by atoms with Gasteiger partial charge in [0.25, 0.3) is 0 Å². The van der Waals surface area contributed by atoms with E-state index in [0.717, 1.165) is 21.5 Å². The highest BCUT2D eigenvalue weighted by molar-refractivity contribution is 9.10. The molecule has 0 aliphatic rings. The van der Waals surface area contributed by atoms with Crippen molar-refractivity contribution in [3.63, 3.8) is 0 Å². The summed E-state index contributed by atoms with van der Waals surface area (Å²) in [5.41, 5.74) is 2.25. The highest BCUT2D eigenvalue weighted by Crippen LogP contribution is 2.18. The molecule has 2 aromatic rings. The zero-order chi connectivity index (χ0) is 21.9. The highest BCUT2D eigenvalue weighted by Gasteiger charge is 2.25. The molecule has 2 rings (SSSR count). The van der Waals surface area contributed by atoms with Crippen molar-refractivity contribution in [3.8, 4) is 0 Å². The van der Waals surface area contributed by atoms with Crippen LogP contribution in [-0.2, 0) is 21.9 Å². The first-order valence-electron chi connectivity index (χ1n) is 10.3. The first-order valence-corrected chi connectivity index (χ1v) is 12.2. The largest absolute Gasteiger partial charge is 0.354 e. The van der Waals surface area contributed by atoms with Gasteiger partial charge in [-0.3, -0.25) is 9.59 Å². The number of carbonyl (C=O) groups excluding carboxylic acids is 2. The van der Waals surface area contributed by atoms with Crippen LogP contribution in [0, 0.1) is 5.92 Å². The Morgan fingerprint density at radius 1 is 1.03 bits per heavy atom. The molecule has 6 heteroatoms. The van der Waals surface area contributed by atoms with Crippen LogP contribution < -0.4 is 5.32 Å². The van der Waals surface area contributed by atoms with Crippen LogP contribution in [0.15, 0.2) is 59.1 Å².